The summed E-state index contributed by atoms with van der Waals surface area (Å²) in [5.41, 5.74) is 1.20. The Balaban J connectivity index is 1.93. The van der Waals surface area contributed by atoms with Crippen LogP contribution >= 0.6 is 0 Å². The first kappa shape index (κ1) is 18.1. The fraction of sp³-hybridized carbons (Fsp3) is 0.389. The van der Waals surface area contributed by atoms with Gasteiger partial charge in [-0.15, -0.1) is 0 Å². The highest BCUT2D eigenvalue weighted by atomic mass is 19.4. The molecule has 2 aromatic carbocycles. The molecule has 0 heterocycles. The molecule has 0 unspecified atom stereocenters. The first-order valence-corrected chi connectivity index (χ1v) is 8.05. The van der Waals surface area contributed by atoms with Crippen LogP contribution in [0.15, 0.2) is 47.5 Å². The Kier molecular flexibility index (Phi) is 6.46. The van der Waals surface area contributed by atoms with Gasteiger partial charge in [-0.3, -0.25) is 4.99 Å². The first-order valence-electron chi connectivity index (χ1n) is 8.05. The molecule has 3 nitrogen and oxygen atoms in total. The minimum absolute atomic E-state index is 0.271. The van der Waals surface area contributed by atoms with Crippen LogP contribution in [0, 0.1) is 0 Å². The number of nitrogens with one attached hydrogen (secondary N) is 2. The van der Waals surface area contributed by atoms with Crippen LogP contribution in [0.1, 0.15) is 18.9 Å². The molecule has 0 aliphatic rings. The van der Waals surface area contributed by atoms with E-state index in [1.54, 1.807) is 0 Å². The van der Waals surface area contributed by atoms with Gasteiger partial charge in [0.15, 0.2) is 5.96 Å². The minimum atomic E-state index is -4.18. The summed E-state index contributed by atoms with van der Waals surface area (Å²) in [7, 11) is 0. The van der Waals surface area contributed by atoms with Crippen molar-refractivity contribution in [2.75, 3.05) is 19.6 Å². The lowest BCUT2D eigenvalue weighted by molar-refractivity contribution is -0.132. The van der Waals surface area contributed by atoms with E-state index in [9.17, 15) is 13.2 Å². The molecule has 0 bridgehead atoms. The van der Waals surface area contributed by atoms with E-state index in [4.69, 9.17) is 0 Å². The zero-order valence-electron chi connectivity index (χ0n) is 13.7. The maximum Gasteiger partial charge on any atom is 0.390 e. The van der Waals surface area contributed by atoms with Crippen molar-refractivity contribution in [1.82, 2.24) is 10.6 Å². The third-order valence-electron chi connectivity index (χ3n) is 3.58. The molecule has 0 saturated carbocycles. The Morgan fingerprint density at radius 3 is 2.54 bits per heavy atom. The molecular formula is C18H22F3N3. The molecule has 24 heavy (non-hydrogen) atoms. The topological polar surface area (TPSA) is 36.4 Å². The molecule has 2 rings (SSSR count). The maximum absolute atomic E-state index is 12.2. The first-order chi connectivity index (χ1) is 11.5. The molecule has 0 spiro atoms. The lowest BCUT2D eigenvalue weighted by Gasteiger charge is -2.12. The van der Waals surface area contributed by atoms with Crippen molar-refractivity contribution in [3.8, 4) is 0 Å². The van der Waals surface area contributed by atoms with Crippen LogP contribution in [-0.4, -0.2) is 31.8 Å². The largest absolute Gasteiger partial charge is 0.390 e. The number of rotatable bonds is 6. The molecule has 0 aliphatic heterocycles. The normalized spacial score (nSPS) is 12.4. The number of hydrogen-bond donors (Lipinski definition) is 2. The van der Waals surface area contributed by atoms with E-state index in [2.05, 4.69) is 39.9 Å². The average Bonchev–Trinajstić information content (AvgIpc) is 2.54. The van der Waals surface area contributed by atoms with Gasteiger partial charge in [0.05, 0.1) is 13.0 Å². The van der Waals surface area contributed by atoms with Crippen LogP contribution in [-0.2, 0) is 6.42 Å². The zero-order chi connectivity index (χ0) is 17.4. The number of fused-ring (bicyclic) bond motifs is 1. The van der Waals surface area contributed by atoms with E-state index >= 15 is 0 Å². The van der Waals surface area contributed by atoms with Crippen molar-refractivity contribution in [3.05, 3.63) is 48.0 Å². The third-order valence-corrected chi connectivity index (χ3v) is 3.58. The van der Waals surface area contributed by atoms with Gasteiger partial charge in [0.25, 0.3) is 0 Å². The number of nitrogens with zero attached hydrogens (tertiary/aromatic N) is 1. The molecule has 0 atom stereocenters. The average molecular weight is 337 g/mol. The van der Waals surface area contributed by atoms with Crippen molar-refractivity contribution in [2.24, 2.45) is 4.99 Å². The number of aliphatic imine (C=N–C) groups is 1. The summed E-state index contributed by atoms with van der Waals surface area (Å²) in [6.45, 7) is 2.82. The predicted octanol–water partition coefficient (Wildman–Crippen LogP) is 3.89. The molecular weight excluding hydrogens is 315 g/mol. The number of guanidine groups is 1. The molecule has 0 radical (unpaired) electrons. The number of halogens is 3. The summed E-state index contributed by atoms with van der Waals surface area (Å²) < 4.78 is 36.6. The molecule has 6 heteroatoms. The van der Waals surface area contributed by atoms with Gasteiger partial charge in [-0.05, 0) is 29.7 Å². The summed E-state index contributed by atoms with van der Waals surface area (Å²) in [4.78, 5) is 3.97. The zero-order valence-corrected chi connectivity index (χ0v) is 13.7. The fourth-order valence-corrected chi connectivity index (χ4v) is 2.46. The molecule has 2 N–H and O–H groups in total. The molecule has 2 aromatic rings. The van der Waals surface area contributed by atoms with Crippen molar-refractivity contribution in [3.63, 3.8) is 0 Å². The van der Waals surface area contributed by atoms with Crippen molar-refractivity contribution < 1.29 is 13.2 Å². The van der Waals surface area contributed by atoms with Crippen molar-refractivity contribution in [1.29, 1.82) is 0 Å². The van der Waals surface area contributed by atoms with Gasteiger partial charge in [-0.25, -0.2) is 0 Å². The van der Waals surface area contributed by atoms with E-state index in [0.717, 1.165) is 6.42 Å². The van der Waals surface area contributed by atoms with Crippen LogP contribution in [0.3, 0.4) is 0 Å². The SMILES string of the molecule is CCNC(=NCCC(F)(F)F)NCCc1cccc2ccccc12. The van der Waals surface area contributed by atoms with Crippen LogP contribution < -0.4 is 10.6 Å². The molecule has 0 fully saturated rings. The van der Waals surface area contributed by atoms with Gasteiger partial charge in [0.2, 0.25) is 0 Å². The van der Waals surface area contributed by atoms with E-state index in [0.29, 0.717) is 19.0 Å². The summed E-state index contributed by atoms with van der Waals surface area (Å²) in [6.07, 6.45) is -4.32. The summed E-state index contributed by atoms with van der Waals surface area (Å²) in [5.74, 6) is 0.419. The molecule has 130 valence electrons. The second-order valence-corrected chi connectivity index (χ2v) is 5.44. The van der Waals surface area contributed by atoms with Crippen molar-refractivity contribution >= 4 is 16.7 Å². The molecule has 0 aromatic heterocycles. The fourth-order valence-electron chi connectivity index (χ4n) is 2.46. The highest BCUT2D eigenvalue weighted by molar-refractivity contribution is 5.85. The summed E-state index contributed by atoms with van der Waals surface area (Å²) in [5, 5.41) is 8.43. The molecule has 0 saturated heterocycles. The van der Waals surface area contributed by atoms with E-state index in [-0.39, 0.29) is 6.54 Å². The Hall–Kier alpha value is -2.24. The van der Waals surface area contributed by atoms with Gasteiger partial charge < -0.3 is 10.6 Å². The Morgan fingerprint density at radius 2 is 1.79 bits per heavy atom. The van der Waals surface area contributed by atoms with Gasteiger partial charge in [-0.1, -0.05) is 42.5 Å². The van der Waals surface area contributed by atoms with Crippen molar-refractivity contribution in [2.45, 2.75) is 25.9 Å². The standard InChI is InChI=1S/C18H22F3N3/c1-2-22-17(24-13-11-18(19,20)21)23-12-10-15-8-5-7-14-6-3-4-9-16(14)15/h3-9H,2,10-13H2,1H3,(H2,22,23,24). The summed E-state index contributed by atoms with van der Waals surface area (Å²) in [6, 6.07) is 14.3. The number of hydrogen-bond acceptors (Lipinski definition) is 1. The molecule has 0 amide bonds. The second-order valence-electron chi connectivity index (χ2n) is 5.44. The van der Waals surface area contributed by atoms with Gasteiger partial charge in [0, 0.05) is 13.1 Å². The summed E-state index contributed by atoms with van der Waals surface area (Å²) >= 11 is 0. The van der Waals surface area contributed by atoms with Crippen LogP contribution in [0.25, 0.3) is 10.8 Å². The second kappa shape index (κ2) is 8.57. The smallest absolute Gasteiger partial charge is 0.357 e. The lowest BCUT2D eigenvalue weighted by atomic mass is 10.0. The van der Waals surface area contributed by atoms with Gasteiger partial charge in [0.1, 0.15) is 0 Å². The maximum atomic E-state index is 12.2. The van der Waals surface area contributed by atoms with E-state index in [1.165, 1.54) is 16.3 Å². The lowest BCUT2D eigenvalue weighted by Crippen LogP contribution is -2.38. The molecule has 0 aliphatic carbocycles. The Labute approximate surface area is 140 Å². The number of alkyl halides is 3. The van der Waals surface area contributed by atoms with Crippen LogP contribution in [0.2, 0.25) is 0 Å². The van der Waals surface area contributed by atoms with Gasteiger partial charge in [-0.2, -0.15) is 13.2 Å². The van der Waals surface area contributed by atoms with Crippen LogP contribution in [0.4, 0.5) is 13.2 Å². The predicted molar refractivity (Wildman–Crippen MR) is 92.3 cm³/mol. The quantitative estimate of drug-likeness (QED) is 0.620. The monoisotopic (exact) mass is 337 g/mol. The highest BCUT2D eigenvalue weighted by Crippen LogP contribution is 2.19. The van der Waals surface area contributed by atoms with E-state index < -0.39 is 12.6 Å². The van der Waals surface area contributed by atoms with Crippen LogP contribution in [0.5, 0.6) is 0 Å². The minimum Gasteiger partial charge on any atom is -0.357 e. The highest BCUT2D eigenvalue weighted by Gasteiger charge is 2.26. The number of benzene rings is 2. The Morgan fingerprint density at radius 1 is 1.04 bits per heavy atom. The Bertz CT molecular complexity index is 675. The third kappa shape index (κ3) is 5.76. The van der Waals surface area contributed by atoms with E-state index in [1.807, 2.05) is 25.1 Å². The van der Waals surface area contributed by atoms with Gasteiger partial charge >= 0.3 is 6.18 Å².